The molecule has 0 radical (unpaired) electrons. The molecule has 1 aromatic carbocycles. The van der Waals surface area contributed by atoms with Gasteiger partial charge in [-0.2, -0.15) is 5.10 Å². The molecule has 1 unspecified atom stereocenters. The van der Waals surface area contributed by atoms with Gasteiger partial charge in [0.25, 0.3) is 0 Å². The number of carbonyl (C=O) groups excluding carboxylic acids is 1. The van der Waals surface area contributed by atoms with Gasteiger partial charge in [0, 0.05) is 23.9 Å². The lowest BCUT2D eigenvalue weighted by molar-refractivity contribution is 0.0600. The minimum atomic E-state index is -0.310. The number of anilines is 1. The summed E-state index contributed by atoms with van der Waals surface area (Å²) < 4.78 is 6.79. The Labute approximate surface area is 146 Å². The molecule has 24 heavy (non-hydrogen) atoms. The SMILES string of the molecule is COC(=O)c1ccc(C2SC(C)(C)CNc3c2c(C)nn3C)cc1. The van der Waals surface area contributed by atoms with Gasteiger partial charge < -0.3 is 10.1 Å². The van der Waals surface area contributed by atoms with E-state index in [1.807, 2.05) is 47.8 Å². The highest BCUT2D eigenvalue weighted by molar-refractivity contribution is 8.01. The van der Waals surface area contributed by atoms with E-state index in [9.17, 15) is 4.79 Å². The van der Waals surface area contributed by atoms with Crippen LogP contribution in [0.25, 0.3) is 0 Å². The first-order chi connectivity index (χ1) is 11.3. The Balaban J connectivity index is 2.06. The number of thioether (sulfide) groups is 1. The third kappa shape index (κ3) is 3.02. The molecule has 5 nitrogen and oxygen atoms in total. The number of rotatable bonds is 2. The van der Waals surface area contributed by atoms with Gasteiger partial charge in [-0.25, -0.2) is 4.79 Å². The number of fused-ring (bicyclic) bond motifs is 1. The zero-order chi connectivity index (χ0) is 17.5. The summed E-state index contributed by atoms with van der Waals surface area (Å²) in [7, 11) is 3.37. The van der Waals surface area contributed by atoms with E-state index >= 15 is 0 Å². The van der Waals surface area contributed by atoms with Gasteiger partial charge in [-0.15, -0.1) is 11.8 Å². The summed E-state index contributed by atoms with van der Waals surface area (Å²) >= 11 is 1.92. The molecule has 3 rings (SSSR count). The van der Waals surface area contributed by atoms with Gasteiger partial charge in [-0.3, -0.25) is 4.68 Å². The molecule has 1 N–H and O–H groups in total. The highest BCUT2D eigenvalue weighted by atomic mass is 32.2. The maximum atomic E-state index is 11.7. The van der Waals surface area contributed by atoms with Crippen molar-refractivity contribution in [3.05, 3.63) is 46.6 Å². The normalized spacial score (nSPS) is 19.1. The van der Waals surface area contributed by atoms with E-state index in [2.05, 4.69) is 31.2 Å². The fourth-order valence-electron chi connectivity index (χ4n) is 3.06. The fourth-order valence-corrected chi connectivity index (χ4v) is 4.55. The largest absolute Gasteiger partial charge is 0.465 e. The molecule has 1 aliphatic heterocycles. The van der Waals surface area contributed by atoms with Crippen molar-refractivity contribution in [2.24, 2.45) is 7.05 Å². The average Bonchev–Trinajstić information content (AvgIpc) is 2.74. The second kappa shape index (κ2) is 6.16. The van der Waals surface area contributed by atoms with Gasteiger partial charge in [0.05, 0.1) is 23.6 Å². The molecule has 128 valence electrons. The Hall–Kier alpha value is -1.95. The highest BCUT2D eigenvalue weighted by Gasteiger charge is 2.34. The molecule has 6 heteroatoms. The van der Waals surface area contributed by atoms with Crippen LogP contribution in [0.4, 0.5) is 5.82 Å². The lowest BCUT2D eigenvalue weighted by atomic mass is 10.0. The molecule has 1 atom stereocenters. The van der Waals surface area contributed by atoms with Crippen LogP contribution < -0.4 is 5.32 Å². The summed E-state index contributed by atoms with van der Waals surface area (Å²) in [6.07, 6.45) is 0. The van der Waals surface area contributed by atoms with E-state index in [1.54, 1.807) is 0 Å². The number of benzene rings is 1. The van der Waals surface area contributed by atoms with Crippen LogP contribution in [0.15, 0.2) is 24.3 Å². The predicted molar refractivity (Wildman–Crippen MR) is 97.7 cm³/mol. The number of nitrogens with one attached hydrogen (secondary N) is 1. The van der Waals surface area contributed by atoms with Crippen LogP contribution >= 0.6 is 11.8 Å². The molecule has 0 saturated carbocycles. The van der Waals surface area contributed by atoms with Crippen molar-refractivity contribution < 1.29 is 9.53 Å². The highest BCUT2D eigenvalue weighted by Crippen LogP contribution is 2.48. The molecule has 2 aromatic rings. The minimum absolute atomic E-state index is 0.0805. The number of esters is 1. The van der Waals surface area contributed by atoms with E-state index in [1.165, 1.54) is 18.2 Å². The standard InChI is InChI=1S/C18H23N3O2S/c1-11-14-15(12-6-8-13(9-7-12)17(22)23-5)24-18(2,3)10-19-16(14)21(4)20-11/h6-9,15,19H,10H2,1-5H3. The fraction of sp³-hybridized carbons (Fsp3) is 0.444. The molecule has 0 saturated heterocycles. The van der Waals surface area contributed by atoms with Crippen LogP contribution in [0.3, 0.4) is 0 Å². The molecule has 0 fully saturated rings. The first-order valence-electron chi connectivity index (χ1n) is 7.96. The zero-order valence-electron chi connectivity index (χ0n) is 14.7. The summed E-state index contributed by atoms with van der Waals surface area (Å²) in [6, 6.07) is 7.69. The first-order valence-corrected chi connectivity index (χ1v) is 8.84. The van der Waals surface area contributed by atoms with Gasteiger partial charge in [0.2, 0.25) is 0 Å². The number of ether oxygens (including phenoxy) is 1. The van der Waals surface area contributed by atoms with Gasteiger partial charge in [0.1, 0.15) is 5.82 Å². The second-order valence-corrected chi connectivity index (χ2v) is 8.51. The van der Waals surface area contributed by atoms with Gasteiger partial charge in [0.15, 0.2) is 0 Å². The Kier molecular flexibility index (Phi) is 4.34. The van der Waals surface area contributed by atoms with Crippen molar-refractivity contribution in [1.82, 2.24) is 9.78 Å². The third-order valence-corrected chi connectivity index (χ3v) is 5.81. The van der Waals surface area contributed by atoms with Crippen LogP contribution in [0, 0.1) is 6.92 Å². The van der Waals surface area contributed by atoms with Crippen molar-refractivity contribution in [3.8, 4) is 0 Å². The number of aromatic nitrogens is 2. The summed E-state index contributed by atoms with van der Waals surface area (Å²) in [5, 5.41) is 8.30. The van der Waals surface area contributed by atoms with Crippen LogP contribution in [-0.4, -0.2) is 34.2 Å². The summed E-state index contributed by atoms with van der Waals surface area (Å²) in [6.45, 7) is 7.42. The van der Waals surface area contributed by atoms with Crippen molar-refractivity contribution in [3.63, 3.8) is 0 Å². The maximum absolute atomic E-state index is 11.7. The Morgan fingerprint density at radius 1 is 1.38 bits per heavy atom. The zero-order valence-corrected chi connectivity index (χ0v) is 15.5. The second-order valence-electron chi connectivity index (χ2n) is 6.70. The number of nitrogens with zero attached hydrogens (tertiary/aromatic N) is 2. The molecule has 1 aliphatic rings. The number of methoxy groups -OCH3 is 1. The summed E-state index contributed by atoms with van der Waals surface area (Å²) in [4.78, 5) is 11.7. The van der Waals surface area contributed by atoms with Crippen molar-refractivity contribution in [2.45, 2.75) is 30.8 Å². The molecule has 1 aromatic heterocycles. The topological polar surface area (TPSA) is 56.1 Å². The number of hydrogen-bond donors (Lipinski definition) is 1. The van der Waals surface area contributed by atoms with E-state index in [-0.39, 0.29) is 16.0 Å². The number of aryl methyl sites for hydroxylation is 2. The Morgan fingerprint density at radius 3 is 2.67 bits per heavy atom. The average molecular weight is 345 g/mol. The third-order valence-electron chi connectivity index (χ3n) is 4.28. The lowest BCUT2D eigenvalue weighted by Gasteiger charge is -2.26. The van der Waals surface area contributed by atoms with Crippen molar-refractivity contribution >= 4 is 23.5 Å². The molecule has 0 spiro atoms. The van der Waals surface area contributed by atoms with E-state index in [4.69, 9.17) is 4.74 Å². The van der Waals surface area contributed by atoms with E-state index in [0.717, 1.165) is 18.1 Å². The van der Waals surface area contributed by atoms with Gasteiger partial charge in [-0.05, 0) is 38.5 Å². The molecule has 0 aliphatic carbocycles. The summed E-state index contributed by atoms with van der Waals surface area (Å²) in [5.41, 5.74) is 3.99. The van der Waals surface area contributed by atoms with Crippen LogP contribution in [0.2, 0.25) is 0 Å². The van der Waals surface area contributed by atoms with Gasteiger partial charge >= 0.3 is 5.97 Å². The monoisotopic (exact) mass is 345 g/mol. The van der Waals surface area contributed by atoms with Gasteiger partial charge in [-0.1, -0.05) is 12.1 Å². The van der Waals surface area contributed by atoms with Crippen molar-refractivity contribution in [1.29, 1.82) is 0 Å². The summed E-state index contributed by atoms with van der Waals surface area (Å²) in [5.74, 6) is 0.767. The molecule has 0 amide bonds. The van der Waals surface area contributed by atoms with Crippen LogP contribution in [0.5, 0.6) is 0 Å². The maximum Gasteiger partial charge on any atom is 0.337 e. The van der Waals surface area contributed by atoms with E-state index < -0.39 is 0 Å². The van der Waals surface area contributed by atoms with Crippen molar-refractivity contribution in [2.75, 3.05) is 19.0 Å². The Morgan fingerprint density at radius 2 is 2.04 bits per heavy atom. The van der Waals surface area contributed by atoms with Crippen LogP contribution in [0.1, 0.15) is 46.3 Å². The molecule has 0 bridgehead atoms. The molecular weight excluding hydrogens is 322 g/mol. The quantitative estimate of drug-likeness (QED) is 0.844. The lowest BCUT2D eigenvalue weighted by Crippen LogP contribution is -2.26. The molecular formula is C18H23N3O2S. The smallest absolute Gasteiger partial charge is 0.337 e. The minimum Gasteiger partial charge on any atom is -0.465 e. The Bertz CT molecular complexity index is 765. The predicted octanol–water partition coefficient (Wildman–Crippen LogP) is 3.54. The van der Waals surface area contributed by atoms with E-state index in [0.29, 0.717) is 5.56 Å². The number of carbonyl (C=O) groups is 1. The molecule has 2 heterocycles. The van der Waals surface area contributed by atoms with Crippen LogP contribution in [-0.2, 0) is 11.8 Å². The number of hydrogen-bond acceptors (Lipinski definition) is 5. The first kappa shape index (κ1) is 16.9.